The summed E-state index contributed by atoms with van der Waals surface area (Å²) in [5.74, 6) is -0.914. The average molecular weight is 366 g/mol. The molecule has 7 nitrogen and oxygen atoms in total. The molecule has 0 aromatic heterocycles. The van der Waals surface area contributed by atoms with Gasteiger partial charge < -0.3 is 19.9 Å². The monoisotopic (exact) mass is 366 g/mol. The molecule has 0 saturated carbocycles. The van der Waals surface area contributed by atoms with Crippen molar-refractivity contribution >= 4 is 23.6 Å². The quantitative estimate of drug-likeness (QED) is 0.601. The summed E-state index contributed by atoms with van der Waals surface area (Å²) in [5, 5.41) is 20.9. The van der Waals surface area contributed by atoms with Crippen LogP contribution in [0.2, 0.25) is 0 Å². The summed E-state index contributed by atoms with van der Waals surface area (Å²) >= 11 is 0. The van der Waals surface area contributed by atoms with Gasteiger partial charge in [-0.05, 0) is 55.0 Å². The van der Waals surface area contributed by atoms with Gasteiger partial charge in [0.1, 0.15) is 0 Å². The van der Waals surface area contributed by atoms with Crippen molar-refractivity contribution in [2.24, 2.45) is 0 Å². The number of ether oxygens (including phenoxy) is 2. The van der Waals surface area contributed by atoms with Crippen molar-refractivity contribution in [3.8, 4) is 17.6 Å². The number of rotatable bonds is 6. The number of carbonyl (C=O) groups excluding carboxylic acids is 2. The van der Waals surface area contributed by atoms with Crippen molar-refractivity contribution in [3.63, 3.8) is 0 Å². The van der Waals surface area contributed by atoms with Gasteiger partial charge in [-0.3, -0.25) is 4.79 Å². The maximum Gasteiger partial charge on any atom is 0.331 e. The first-order valence-electron chi connectivity index (χ1n) is 7.99. The van der Waals surface area contributed by atoms with Crippen LogP contribution in [-0.4, -0.2) is 30.2 Å². The molecule has 2 aromatic carbocycles. The second-order valence-electron chi connectivity index (χ2n) is 5.52. The topological polar surface area (TPSA) is 109 Å². The fourth-order valence-corrected chi connectivity index (χ4v) is 2.10. The smallest absolute Gasteiger partial charge is 0.331 e. The molecule has 0 bridgehead atoms. The molecule has 27 heavy (non-hydrogen) atoms. The van der Waals surface area contributed by atoms with Gasteiger partial charge in [-0.2, -0.15) is 5.26 Å². The molecule has 0 aliphatic heterocycles. The number of benzene rings is 2. The minimum atomic E-state index is -1.01. The van der Waals surface area contributed by atoms with E-state index in [4.69, 9.17) is 14.7 Å². The summed E-state index contributed by atoms with van der Waals surface area (Å²) in [6, 6.07) is 12.9. The summed E-state index contributed by atoms with van der Waals surface area (Å²) in [4.78, 5) is 24.0. The third kappa shape index (κ3) is 5.61. The van der Waals surface area contributed by atoms with E-state index in [-0.39, 0.29) is 11.5 Å². The third-order valence-corrected chi connectivity index (χ3v) is 3.56. The lowest BCUT2D eigenvalue weighted by Gasteiger charge is -2.12. The number of nitrogens with zero attached hydrogens (tertiary/aromatic N) is 1. The van der Waals surface area contributed by atoms with E-state index in [1.165, 1.54) is 32.3 Å². The predicted molar refractivity (Wildman–Crippen MR) is 99.0 cm³/mol. The largest absolute Gasteiger partial charge is 0.504 e. The Bertz CT molecular complexity index is 898. The van der Waals surface area contributed by atoms with Crippen molar-refractivity contribution in [1.82, 2.24) is 0 Å². The van der Waals surface area contributed by atoms with Gasteiger partial charge in [-0.1, -0.05) is 6.07 Å². The molecule has 0 spiro atoms. The van der Waals surface area contributed by atoms with E-state index in [1.807, 2.05) is 6.07 Å². The van der Waals surface area contributed by atoms with Gasteiger partial charge in [-0.15, -0.1) is 0 Å². The number of anilines is 1. The number of phenolic OH excluding ortho intramolecular Hbond substituents is 1. The summed E-state index contributed by atoms with van der Waals surface area (Å²) in [5.41, 5.74) is 1.59. The zero-order valence-corrected chi connectivity index (χ0v) is 14.8. The van der Waals surface area contributed by atoms with Crippen molar-refractivity contribution < 1.29 is 24.2 Å². The molecule has 0 aliphatic rings. The molecule has 7 heteroatoms. The number of carbonyl (C=O) groups is 2. The highest BCUT2D eigenvalue weighted by Gasteiger charge is 2.16. The van der Waals surface area contributed by atoms with Gasteiger partial charge in [0.05, 0.1) is 18.7 Å². The standard InChI is InChI=1S/C20H18N2O5/c1-13(20(25)22-16-7-3-15(12-21)4-8-16)27-19(24)10-6-14-5-9-17(23)18(11-14)26-2/h3-11,13,23H,1-2H3,(H,22,25)/b10-6+/t13-/m1/s1. The fourth-order valence-electron chi connectivity index (χ4n) is 2.10. The number of aromatic hydroxyl groups is 1. The normalized spacial score (nSPS) is 11.4. The molecule has 2 N–H and O–H groups in total. The lowest BCUT2D eigenvalue weighted by atomic mass is 10.2. The van der Waals surface area contributed by atoms with E-state index in [1.54, 1.807) is 36.4 Å². The third-order valence-electron chi connectivity index (χ3n) is 3.56. The van der Waals surface area contributed by atoms with Crippen molar-refractivity contribution in [3.05, 3.63) is 59.7 Å². The Hall–Kier alpha value is -3.79. The Morgan fingerprint density at radius 2 is 1.93 bits per heavy atom. The summed E-state index contributed by atoms with van der Waals surface area (Å²) in [7, 11) is 1.42. The number of nitriles is 1. The summed E-state index contributed by atoms with van der Waals surface area (Å²) in [6.45, 7) is 1.45. The SMILES string of the molecule is COc1cc(/C=C/C(=O)O[C@H](C)C(=O)Nc2ccc(C#N)cc2)ccc1O. The van der Waals surface area contributed by atoms with Gasteiger partial charge in [0, 0.05) is 11.8 Å². The minimum absolute atomic E-state index is 0.00896. The Morgan fingerprint density at radius 1 is 1.22 bits per heavy atom. The minimum Gasteiger partial charge on any atom is -0.504 e. The molecule has 0 unspecified atom stereocenters. The number of hydrogen-bond acceptors (Lipinski definition) is 6. The first-order valence-corrected chi connectivity index (χ1v) is 7.99. The van der Waals surface area contributed by atoms with E-state index < -0.39 is 18.0 Å². The molecule has 0 saturated heterocycles. The summed E-state index contributed by atoms with van der Waals surface area (Å²) < 4.78 is 10.0. The average Bonchev–Trinajstić information content (AvgIpc) is 2.67. The summed E-state index contributed by atoms with van der Waals surface area (Å²) in [6.07, 6.45) is 1.65. The van der Waals surface area contributed by atoms with Crippen LogP contribution in [0.1, 0.15) is 18.1 Å². The second-order valence-corrected chi connectivity index (χ2v) is 5.52. The van der Waals surface area contributed by atoms with E-state index in [0.29, 0.717) is 16.8 Å². The van der Waals surface area contributed by atoms with Crippen LogP contribution in [0.5, 0.6) is 11.5 Å². The Morgan fingerprint density at radius 3 is 2.56 bits per heavy atom. The van der Waals surface area contributed by atoms with Crippen LogP contribution in [-0.2, 0) is 14.3 Å². The van der Waals surface area contributed by atoms with E-state index in [2.05, 4.69) is 5.32 Å². The van der Waals surface area contributed by atoms with Crippen LogP contribution in [0.3, 0.4) is 0 Å². The van der Waals surface area contributed by atoms with E-state index >= 15 is 0 Å². The molecule has 0 fully saturated rings. The first kappa shape index (κ1) is 19.5. The van der Waals surface area contributed by atoms with Crippen LogP contribution in [0, 0.1) is 11.3 Å². The van der Waals surface area contributed by atoms with Gasteiger partial charge in [0.15, 0.2) is 17.6 Å². The maximum atomic E-state index is 12.1. The molecule has 1 amide bonds. The highest BCUT2D eigenvalue weighted by molar-refractivity contribution is 5.96. The Kier molecular flexibility index (Phi) is 6.55. The van der Waals surface area contributed by atoms with E-state index in [9.17, 15) is 14.7 Å². The molecule has 2 rings (SSSR count). The number of amides is 1. The highest BCUT2D eigenvalue weighted by Crippen LogP contribution is 2.26. The first-order chi connectivity index (χ1) is 12.9. The predicted octanol–water partition coefficient (Wildman–Crippen LogP) is 2.86. The van der Waals surface area contributed by atoms with Crippen molar-refractivity contribution in [2.45, 2.75) is 13.0 Å². The van der Waals surface area contributed by atoms with Gasteiger partial charge >= 0.3 is 5.97 Å². The second kappa shape index (κ2) is 9.06. The molecule has 1 atom stereocenters. The Labute approximate surface area is 156 Å². The highest BCUT2D eigenvalue weighted by atomic mass is 16.5. The number of phenols is 1. The maximum absolute atomic E-state index is 12.1. The van der Waals surface area contributed by atoms with E-state index in [0.717, 1.165) is 0 Å². The van der Waals surface area contributed by atoms with Crippen molar-refractivity contribution in [1.29, 1.82) is 5.26 Å². The molecule has 0 radical (unpaired) electrons. The zero-order valence-electron chi connectivity index (χ0n) is 14.8. The van der Waals surface area contributed by atoms with Gasteiger partial charge in [0.25, 0.3) is 5.91 Å². The molecule has 138 valence electrons. The number of hydrogen-bond donors (Lipinski definition) is 2. The van der Waals surface area contributed by atoms with Crippen LogP contribution < -0.4 is 10.1 Å². The molecular weight excluding hydrogens is 348 g/mol. The Balaban J connectivity index is 1.92. The lowest BCUT2D eigenvalue weighted by molar-refractivity contribution is -0.148. The number of esters is 1. The van der Waals surface area contributed by atoms with Crippen LogP contribution in [0.25, 0.3) is 6.08 Å². The van der Waals surface area contributed by atoms with Crippen molar-refractivity contribution in [2.75, 3.05) is 12.4 Å². The molecule has 0 aliphatic carbocycles. The molecule has 0 heterocycles. The van der Waals surface area contributed by atoms with Crippen LogP contribution in [0.15, 0.2) is 48.5 Å². The number of nitrogens with one attached hydrogen (secondary N) is 1. The van der Waals surface area contributed by atoms with Crippen LogP contribution in [0.4, 0.5) is 5.69 Å². The zero-order chi connectivity index (χ0) is 19.8. The molecule has 2 aromatic rings. The van der Waals surface area contributed by atoms with Gasteiger partial charge in [0.2, 0.25) is 0 Å². The lowest BCUT2D eigenvalue weighted by Crippen LogP contribution is -2.29. The number of methoxy groups -OCH3 is 1. The van der Waals surface area contributed by atoms with Crippen LogP contribution >= 0.6 is 0 Å². The molecular formula is C20H18N2O5. The fraction of sp³-hybridized carbons (Fsp3) is 0.150. The van der Waals surface area contributed by atoms with Gasteiger partial charge in [-0.25, -0.2) is 4.79 Å².